The molecule has 3 amide bonds. The van der Waals surface area contributed by atoms with Crippen LogP contribution in [-0.4, -0.2) is 41.5 Å². The molecule has 2 rings (SSSR count). The number of nitrogens with one attached hydrogen (secondary N) is 2. The smallest absolute Gasteiger partial charge is 0.410 e. The minimum absolute atomic E-state index is 0.141. The largest absolute Gasteiger partial charge is 0.444 e. The van der Waals surface area contributed by atoms with Gasteiger partial charge in [-0.15, -0.1) is 0 Å². The molecular formula is C19H27N3O4. The van der Waals surface area contributed by atoms with E-state index >= 15 is 0 Å². The molecular weight excluding hydrogens is 334 g/mol. The fourth-order valence-corrected chi connectivity index (χ4v) is 2.81. The molecule has 1 saturated heterocycles. The Labute approximate surface area is 154 Å². The minimum atomic E-state index is -0.559. The molecule has 1 fully saturated rings. The lowest BCUT2D eigenvalue weighted by molar-refractivity contribution is -0.121. The van der Waals surface area contributed by atoms with Crippen LogP contribution in [0.5, 0.6) is 0 Å². The Bertz CT molecular complexity index is 682. The normalized spacial score (nSPS) is 17.4. The van der Waals surface area contributed by atoms with Crippen LogP contribution in [-0.2, 0) is 14.3 Å². The summed E-state index contributed by atoms with van der Waals surface area (Å²) < 4.78 is 5.39. The fraction of sp³-hybridized carbons (Fsp3) is 0.526. The topological polar surface area (TPSA) is 87.7 Å². The highest BCUT2D eigenvalue weighted by molar-refractivity contribution is 5.94. The number of carbonyl (C=O) groups excluding carboxylic acids is 3. The molecule has 142 valence electrons. The van der Waals surface area contributed by atoms with Crippen molar-refractivity contribution in [2.75, 3.05) is 23.7 Å². The van der Waals surface area contributed by atoms with Gasteiger partial charge in [0, 0.05) is 31.4 Å². The Balaban J connectivity index is 1.97. The average Bonchev–Trinajstić information content (AvgIpc) is 2.53. The van der Waals surface area contributed by atoms with Crippen molar-refractivity contribution in [3.8, 4) is 0 Å². The molecule has 1 heterocycles. The molecule has 0 bridgehead atoms. The van der Waals surface area contributed by atoms with Crippen LogP contribution < -0.4 is 10.6 Å². The van der Waals surface area contributed by atoms with Gasteiger partial charge in [-0.3, -0.25) is 9.59 Å². The predicted molar refractivity (Wildman–Crippen MR) is 99.9 cm³/mol. The SMILES string of the molecule is CC(=O)Nc1cccc(NC(=O)C2CCCN(C(=O)OC(C)(C)C)C2)c1. The first kappa shape index (κ1) is 19.8. The van der Waals surface area contributed by atoms with Gasteiger partial charge in [-0.1, -0.05) is 6.07 Å². The highest BCUT2D eigenvalue weighted by Crippen LogP contribution is 2.22. The summed E-state index contributed by atoms with van der Waals surface area (Å²) in [5.41, 5.74) is 0.668. The van der Waals surface area contributed by atoms with Crippen molar-refractivity contribution >= 4 is 29.3 Å². The van der Waals surface area contributed by atoms with Gasteiger partial charge in [0.15, 0.2) is 0 Å². The van der Waals surface area contributed by atoms with Crippen molar-refractivity contribution in [2.24, 2.45) is 5.92 Å². The van der Waals surface area contributed by atoms with Crippen molar-refractivity contribution in [1.82, 2.24) is 4.90 Å². The summed E-state index contributed by atoms with van der Waals surface area (Å²) in [6, 6.07) is 6.97. The van der Waals surface area contributed by atoms with Gasteiger partial charge in [0.05, 0.1) is 5.92 Å². The third kappa shape index (κ3) is 6.06. The van der Waals surface area contributed by atoms with Gasteiger partial charge in [-0.2, -0.15) is 0 Å². The molecule has 1 aromatic carbocycles. The molecule has 0 radical (unpaired) electrons. The minimum Gasteiger partial charge on any atom is -0.444 e. The molecule has 0 aliphatic carbocycles. The number of anilines is 2. The van der Waals surface area contributed by atoms with Crippen molar-refractivity contribution in [2.45, 2.75) is 46.1 Å². The predicted octanol–water partition coefficient (Wildman–Crippen LogP) is 3.23. The lowest BCUT2D eigenvalue weighted by Crippen LogP contribution is -2.45. The van der Waals surface area contributed by atoms with E-state index in [2.05, 4.69) is 10.6 Å². The summed E-state index contributed by atoms with van der Waals surface area (Å²) in [4.78, 5) is 37.5. The van der Waals surface area contributed by atoms with E-state index in [1.165, 1.54) is 6.92 Å². The van der Waals surface area contributed by atoms with E-state index in [9.17, 15) is 14.4 Å². The van der Waals surface area contributed by atoms with Gasteiger partial charge in [0.2, 0.25) is 11.8 Å². The number of amides is 3. The van der Waals surface area contributed by atoms with Crippen LogP contribution in [0.25, 0.3) is 0 Å². The van der Waals surface area contributed by atoms with Crippen LogP contribution in [0, 0.1) is 5.92 Å². The summed E-state index contributed by atoms with van der Waals surface area (Å²) in [5, 5.41) is 5.55. The molecule has 1 atom stereocenters. The van der Waals surface area contributed by atoms with Crippen molar-refractivity contribution in [3.63, 3.8) is 0 Å². The molecule has 0 aromatic heterocycles. The molecule has 1 aliphatic rings. The number of ether oxygens (including phenoxy) is 1. The number of likely N-dealkylation sites (tertiary alicyclic amines) is 1. The third-order valence-electron chi connectivity index (χ3n) is 3.89. The standard InChI is InChI=1S/C19H27N3O4/c1-13(23)20-15-8-5-9-16(11-15)21-17(24)14-7-6-10-22(12-14)18(25)26-19(2,3)4/h5,8-9,11,14H,6-7,10,12H2,1-4H3,(H,20,23)(H,21,24). The number of benzene rings is 1. The molecule has 1 aliphatic heterocycles. The van der Waals surface area contributed by atoms with E-state index in [0.717, 1.165) is 12.8 Å². The number of carbonyl (C=O) groups is 3. The van der Waals surface area contributed by atoms with Crippen molar-refractivity contribution in [1.29, 1.82) is 0 Å². The second-order valence-corrected chi connectivity index (χ2v) is 7.52. The molecule has 1 aromatic rings. The number of hydrogen-bond acceptors (Lipinski definition) is 4. The first-order valence-electron chi connectivity index (χ1n) is 8.80. The van der Waals surface area contributed by atoms with Gasteiger partial charge in [0.1, 0.15) is 5.60 Å². The van der Waals surface area contributed by atoms with E-state index in [4.69, 9.17) is 4.74 Å². The Hall–Kier alpha value is -2.57. The van der Waals surface area contributed by atoms with Gasteiger partial charge in [-0.05, 0) is 51.8 Å². The Morgan fingerprint density at radius 2 is 1.81 bits per heavy atom. The van der Waals surface area contributed by atoms with Gasteiger partial charge >= 0.3 is 6.09 Å². The number of rotatable bonds is 3. The summed E-state index contributed by atoms with van der Waals surface area (Å²) >= 11 is 0. The van der Waals surface area contributed by atoms with Crippen LogP contribution in [0.1, 0.15) is 40.5 Å². The average molecular weight is 361 g/mol. The summed E-state index contributed by atoms with van der Waals surface area (Å²) in [5.74, 6) is -0.604. The van der Waals surface area contributed by atoms with Gasteiger partial charge < -0.3 is 20.3 Å². The van der Waals surface area contributed by atoms with Gasteiger partial charge in [-0.25, -0.2) is 4.79 Å². The molecule has 0 spiro atoms. The zero-order valence-electron chi connectivity index (χ0n) is 15.8. The highest BCUT2D eigenvalue weighted by atomic mass is 16.6. The first-order valence-corrected chi connectivity index (χ1v) is 8.80. The van der Waals surface area contributed by atoms with E-state index in [1.807, 2.05) is 20.8 Å². The maximum atomic E-state index is 12.6. The summed E-state index contributed by atoms with van der Waals surface area (Å²) in [6.07, 6.45) is 1.09. The molecule has 7 heteroatoms. The zero-order valence-corrected chi connectivity index (χ0v) is 15.8. The van der Waals surface area contributed by atoms with Crippen molar-refractivity contribution < 1.29 is 19.1 Å². The monoisotopic (exact) mass is 361 g/mol. The lowest BCUT2D eigenvalue weighted by atomic mass is 9.97. The second kappa shape index (κ2) is 8.21. The number of nitrogens with zero attached hydrogens (tertiary/aromatic N) is 1. The quantitative estimate of drug-likeness (QED) is 0.865. The number of hydrogen-bond donors (Lipinski definition) is 2. The third-order valence-corrected chi connectivity index (χ3v) is 3.89. The Morgan fingerprint density at radius 3 is 2.42 bits per heavy atom. The second-order valence-electron chi connectivity index (χ2n) is 7.52. The zero-order chi connectivity index (χ0) is 19.3. The maximum Gasteiger partial charge on any atom is 0.410 e. The lowest BCUT2D eigenvalue weighted by Gasteiger charge is -2.33. The first-order chi connectivity index (χ1) is 12.1. The molecule has 1 unspecified atom stereocenters. The van der Waals surface area contributed by atoms with Crippen LogP contribution in [0.4, 0.5) is 16.2 Å². The van der Waals surface area contributed by atoms with Crippen LogP contribution in [0.15, 0.2) is 24.3 Å². The van der Waals surface area contributed by atoms with Crippen LogP contribution in [0.2, 0.25) is 0 Å². The van der Waals surface area contributed by atoms with E-state index in [0.29, 0.717) is 24.5 Å². The van der Waals surface area contributed by atoms with E-state index < -0.39 is 5.60 Å². The molecule has 2 N–H and O–H groups in total. The highest BCUT2D eigenvalue weighted by Gasteiger charge is 2.31. The molecule has 0 saturated carbocycles. The maximum absolute atomic E-state index is 12.6. The summed E-state index contributed by atoms with van der Waals surface area (Å²) in [7, 11) is 0. The Morgan fingerprint density at radius 1 is 1.15 bits per heavy atom. The number of piperidine rings is 1. The fourth-order valence-electron chi connectivity index (χ4n) is 2.81. The summed E-state index contributed by atoms with van der Waals surface area (Å²) in [6.45, 7) is 7.82. The molecule has 7 nitrogen and oxygen atoms in total. The van der Waals surface area contributed by atoms with E-state index in [-0.39, 0.29) is 23.8 Å². The van der Waals surface area contributed by atoms with Gasteiger partial charge in [0.25, 0.3) is 0 Å². The van der Waals surface area contributed by atoms with E-state index in [1.54, 1.807) is 29.2 Å². The Kier molecular flexibility index (Phi) is 6.23. The van der Waals surface area contributed by atoms with Crippen LogP contribution >= 0.6 is 0 Å². The van der Waals surface area contributed by atoms with Crippen LogP contribution in [0.3, 0.4) is 0 Å². The van der Waals surface area contributed by atoms with Crippen molar-refractivity contribution in [3.05, 3.63) is 24.3 Å². The molecule has 26 heavy (non-hydrogen) atoms.